The monoisotopic (exact) mass is 216 g/mol. The average molecular weight is 216 g/mol. The second-order valence-corrected chi connectivity index (χ2v) is 3.76. The maximum atomic E-state index is 12.9. The van der Waals surface area contributed by atoms with Gasteiger partial charge in [-0.2, -0.15) is 0 Å². The van der Waals surface area contributed by atoms with Gasteiger partial charge in [-0.15, -0.1) is 0 Å². The van der Waals surface area contributed by atoms with Gasteiger partial charge in [-0.1, -0.05) is 0 Å². The van der Waals surface area contributed by atoms with E-state index in [9.17, 15) is 18.9 Å². The van der Waals surface area contributed by atoms with Gasteiger partial charge in [-0.3, -0.25) is 10.1 Å². The van der Waals surface area contributed by atoms with E-state index in [0.29, 0.717) is 6.07 Å². The van der Waals surface area contributed by atoms with E-state index in [1.165, 1.54) is 13.8 Å². The second kappa shape index (κ2) is 3.54. The Morgan fingerprint density at radius 2 is 1.80 bits per heavy atom. The van der Waals surface area contributed by atoms with Gasteiger partial charge in [-0.05, 0) is 19.9 Å². The van der Waals surface area contributed by atoms with Gasteiger partial charge in [0.1, 0.15) is 0 Å². The van der Waals surface area contributed by atoms with Crippen LogP contribution < -0.4 is 5.73 Å². The summed E-state index contributed by atoms with van der Waals surface area (Å²) < 4.78 is 25.7. The molecule has 82 valence electrons. The Morgan fingerprint density at radius 3 is 2.20 bits per heavy atom. The highest BCUT2D eigenvalue weighted by Crippen LogP contribution is 2.29. The Labute approximate surface area is 84.9 Å². The summed E-state index contributed by atoms with van der Waals surface area (Å²) in [7, 11) is 0. The van der Waals surface area contributed by atoms with E-state index in [0.717, 1.165) is 6.07 Å². The molecular formula is C9H10F2N2O2. The van der Waals surface area contributed by atoms with E-state index < -0.39 is 27.8 Å². The molecule has 4 nitrogen and oxygen atoms in total. The lowest BCUT2D eigenvalue weighted by atomic mass is 9.94. The second-order valence-electron chi connectivity index (χ2n) is 3.76. The minimum atomic E-state index is -1.25. The maximum Gasteiger partial charge on any atom is 0.277 e. The van der Waals surface area contributed by atoms with Gasteiger partial charge in [0, 0.05) is 5.54 Å². The number of nitro benzene ring substituents is 1. The Balaban J connectivity index is 3.49. The molecule has 6 heteroatoms. The third-order valence-electron chi connectivity index (χ3n) is 1.93. The van der Waals surface area contributed by atoms with E-state index in [1.54, 1.807) is 0 Å². The van der Waals surface area contributed by atoms with Crippen LogP contribution in [0.3, 0.4) is 0 Å². The van der Waals surface area contributed by atoms with Crippen molar-refractivity contribution in [1.29, 1.82) is 0 Å². The zero-order chi connectivity index (χ0) is 11.8. The van der Waals surface area contributed by atoms with E-state index in [1.807, 2.05) is 0 Å². The lowest BCUT2D eigenvalue weighted by Crippen LogP contribution is -2.30. The van der Waals surface area contributed by atoms with Crippen LogP contribution in [0, 0.1) is 21.7 Å². The van der Waals surface area contributed by atoms with Crippen molar-refractivity contribution in [3.8, 4) is 0 Å². The summed E-state index contributed by atoms with van der Waals surface area (Å²) in [5, 5.41) is 10.6. The van der Waals surface area contributed by atoms with Crippen molar-refractivity contribution in [1.82, 2.24) is 0 Å². The first-order valence-electron chi connectivity index (χ1n) is 4.16. The molecule has 0 amide bonds. The number of rotatable bonds is 2. The van der Waals surface area contributed by atoms with Crippen molar-refractivity contribution in [2.24, 2.45) is 5.73 Å². The minimum Gasteiger partial charge on any atom is -0.322 e. The highest BCUT2D eigenvalue weighted by atomic mass is 19.2. The van der Waals surface area contributed by atoms with Crippen LogP contribution >= 0.6 is 0 Å². The molecule has 0 atom stereocenters. The summed E-state index contributed by atoms with van der Waals surface area (Å²) in [6.07, 6.45) is 0. The van der Waals surface area contributed by atoms with Gasteiger partial charge in [0.05, 0.1) is 16.6 Å². The average Bonchev–Trinajstić information content (AvgIpc) is 2.06. The largest absolute Gasteiger partial charge is 0.322 e. The van der Waals surface area contributed by atoms with Crippen molar-refractivity contribution in [2.45, 2.75) is 19.4 Å². The molecule has 0 fully saturated rings. The molecule has 1 aromatic carbocycles. The molecule has 0 aliphatic carbocycles. The molecule has 1 rings (SSSR count). The van der Waals surface area contributed by atoms with Crippen molar-refractivity contribution in [3.63, 3.8) is 0 Å². The first-order valence-corrected chi connectivity index (χ1v) is 4.16. The fourth-order valence-electron chi connectivity index (χ4n) is 1.20. The normalized spacial score (nSPS) is 11.5. The van der Waals surface area contributed by atoms with Crippen molar-refractivity contribution in [2.75, 3.05) is 0 Å². The van der Waals surface area contributed by atoms with Gasteiger partial charge >= 0.3 is 0 Å². The van der Waals surface area contributed by atoms with E-state index in [2.05, 4.69) is 0 Å². The van der Waals surface area contributed by atoms with Crippen LogP contribution in [-0.4, -0.2) is 4.92 Å². The molecule has 15 heavy (non-hydrogen) atoms. The van der Waals surface area contributed by atoms with E-state index in [-0.39, 0.29) is 5.56 Å². The van der Waals surface area contributed by atoms with Crippen LogP contribution in [-0.2, 0) is 5.54 Å². The van der Waals surface area contributed by atoms with Crippen LogP contribution in [0.2, 0.25) is 0 Å². The molecule has 0 heterocycles. The lowest BCUT2D eigenvalue weighted by molar-refractivity contribution is -0.386. The summed E-state index contributed by atoms with van der Waals surface area (Å²) in [5.41, 5.74) is 3.97. The molecule has 0 spiro atoms. The molecular weight excluding hydrogens is 206 g/mol. The number of nitro groups is 1. The standard InChI is InChI=1S/C9H10F2N2O2/c1-9(2,12)5-3-6(10)7(11)4-8(5)13(14)15/h3-4H,12H2,1-2H3. The third kappa shape index (κ3) is 2.27. The van der Waals surface area contributed by atoms with Gasteiger partial charge in [0.15, 0.2) is 11.6 Å². The van der Waals surface area contributed by atoms with Crippen molar-refractivity contribution in [3.05, 3.63) is 39.4 Å². The van der Waals surface area contributed by atoms with Gasteiger partial charge in [-0.25, -0.2) is 8.78 Å². The van der Waals surface area contributed by atoms with E-state index >= 15 is 0 Å². The maximum absolute atomic E-state index is 12.9. The molecule has 1 aromatic rings. The molecule has 0 aliphatic heterocycles. The topological polar surface area (TPSA) is 69.2 Å². The predicted molar refractivity (Wildman–Crippen MR) is 50.2 cm³/mol. The zero-order valence-electron chi connectivity index (χ0n) is 8.25. The van der Waals surface area contributed by atoms with Crippen LogP contribution in [0.4, 0.5) is 14.5 Å². The van der Waals surface area contributed by atoms with Crippen LogP contribution in [0.5, 0.6) is 0 Å². The number of nitrogens with zero attached hydrogens (tertiary/aromatic N) is 1. The number of halogens is 2. The highest BCUT2D eigenvalue weighted by Gasteiger charge is 2.27. The first kappa shape index (κ1) is 11.5. The quantitative estimate of drug-likeness (QED) is 0.607. The van der Waals surface area contributed by atoms with Crippen LogP contribution in [0.1, 0.15) is 19.4 Å². The summed E-state index contributed by atoms with van der Waals surface area (Å²) in [4.78, 5) is 9.81. The van der Waals surface area contributed by atoms with E-state index in [4.69, 9.17) is 5.73 Å². The zero-order valence-corrected chi connectivity index (χ0v) is 8.25. The molecule has 0 radical (unpaired) electrons. The highest BCUT2D eigenvalue weighted by molar-refractivity contribution is 5.44. The Morgan fingerprint density at radius 1 is 1.33 bits per heavy atom. The predicted octanol–water partition coefficient (Wildman–Crippen LogP) is 2.07. The summed E-state index contributed by atoms with van der Waals surface area (Å²) >= 11 is 0. The molecule has 0 aliphatic rings. The van der Waals surface area contributed by atoms with Crippen LogP contribution in [0.25, 0.3) is 0 Å². The van der Waals surface area contributed by atoms with Gasteiger partial charge < -0.3 is 5.73 Å². The molecule has 2 N–H and O–H groups in total. The molecule has 0 bridgehead atoms. The first-order chi connectivity index (χ1) is 6.73. The Hall–Kier alpha value is -1.56. The Bertz CT molecular complexity index is 413. The fraction of sp³-hybridized carbons (Fsp3) is 0.333. The number of hydrogen-bond acceptors (Lipinski definition) is 3. The minimum absolute atomic E-state index is 0.0357. The van der Waals surface area contributed by atoms with Crippen molar-refractivity contribution >= 4 is 5.69 Å². The fourth-order valence-corrected chi connectivity index (χ4v) is 1.20. The SMILES string of the molecule is CC(C)(N)c1cc(F)c(F)cc1[N+](=O)[O-]. The number of hydrogen-bond donors (Lipinski definition) is 1. The summed E-state index contributed by atoms with van der Waals surface area (Å²) in [5.74, 6) is -2.40. The third-order valence-corrected chi connectivity index (χ3v) is 1.93. The molecule has 0 aromatic heterocycles. The summed E-state index contributed by atoms with van der Waals surface area (Å²) in [6, 6.07) is 1.30. The van der Waals surface area contributed by atoms with Gasteiger partial charge in [0.2, 0.25) is 0 Å². The van der Waals surface area contributed by atoms with Crippen LogP contribution in [0.15, 0.2) is 12.1 Å². The Kier molecular flexibility index (Phi) is 2.72. The molecule has 0 unspecified atom stereocenters. The summed E-state index contributed by atoms with van der Waals surface area (Å²) in [6.45, 7) is 2.96. The molecule has 0 saturated heterocycles. The lowest BCUT2D eigenvalue weighted by Gasteiger charge is -2.18. The smallest absolute Gasteiger partial charge is 0.277 e. The number of benzene rings is 1. The number of nitrogens with two attached hydrogens (primary N) is 1. The van der Waals surface area contributed by atoms with Crippen molar-refractivity contribution < 1.29 is 13.7 Å². The molecule has 0 saturated carbocycles. The van der Waals surface area contributed by atoms with Gasteiger partial charge in [0.25, 0.3) is 5.69 Å².